The third-order valence-electron chi connectivity index (χ3n) is 4.15. The van der Waals surface area contributed by atoms with Crippen LogP contribution in [0.4, 0.5) is 5.00 Å². The van der Waals surface area contributed by atoms with Gasteiger partial charge in [0.05, 0.1) is 17.9 Å². The maximum absolute atomic E-state index is 12.5. The standard InChI is InChI=1S/C22H24N4O4S2/c1-4-11-26-18(13-30-16-9-7-6-8-10-16)24-25-22(26)31-14-19(27)23-20-17(12-15(3)32-20)21(28)29-5-2/h4,6-10,12H,1,5,11,13-14H2,2-3H3,(H,23,27). The molecule has 10 heteroatoms. The van der Waals surface area contributed by atoms with Crippen LogP contribution in [0.15, 0.2) is 54.2 Å². The van der Waals surface area contributed by atoms with Gasteiger partial charge < -0.3 is 14.8 Å². The van der Waals surface area contributed by atoms with Crippen LogP contribution in [0.2, 0.25) is 0 Å². The Labute approximate surface area is 194 Å². The summed E-state index contributed by atoms with van der Waals surface area (Å²) in [5.74, 6) is 0.771. The van der Waals surface area contributed by atoms with Crippen LogP contribution >= 0.6 is 23.1 Å². The van der Waals surface area contributed by atoms with Gasteiger partial charge in [0.25, 0.3) is 0 Å². The number of rotatable bonds is 11. The normalized spacial score (nSPS) is 10.6. The lowest BCUT2D eigenvalue weighted by Gasteiger charge is -2.09. The second-order valence-electron chi connectivity index (χ2n) is 6.56. The van der Waals surface area contributed by atoms with Crippen molar-refractivity contribution in [1.29, 1.82) is 0 Å². The average Bonchev–Trinajstić information content (AvgIpc) is 3.34. The minimum Gasteiger partial charge on any atom is -0.486 e. The Bertz CT molecular complexity index is 1080. The number of benzene rings is 1. The minimum absolute atomic E-state index is 0.105. The third-order valence-corrected chi connectivity index (χ3v) is 6.08. The highest BCUT2D eigenvalue weighted by Gasteiger charge is 2.19. The van der Waals surface area contributed by atoms with Gasteiger partial charge in [0.1, 0.15) is 17.4 Å². The molecule has 1 aromatic carbocycles. The van der Waals surface area contributed by atoms with Gasteiger partial charge in [0.2, 0.25) is 5.91 Å². The summed E-state index contributed by atoms with van der Waals surface area (Å²) >= 11 is 2.58. The Balaban J connectivity index is 1.63. The van der Waals surface area contributed by atoms with Crippen LogP contribution in [0, 0.1) is 6.92 Å². The van der Waals surface area contributed by atoms with Gasteiger partial charge in [-0.1, -0.05) is 36.0 Å². The lowest BCUT2D eigenvalue weighted by molar-refractivity contribution is -0.113. The number of para-hydroxylation sites is 1. The number of carbonyl (C=O) groups is 2. The summed E-state index contributed by atoms with van der Waals surface area (Å²) in [6, 6.07) is 11.2. The number of thiophene rings is 1. The van der Waals surface area contributed by atoms with Gasteiger partial charge in [0.15, 0.2) is 11.0 Å². The third kappa shape index (κ3) is 6.21. The molecule has 0 saturated carbocycles. The van der Waals surface area contributed by atoms with E-state index in [4.69, 9.17) is 9.47 Å². The number of aromatic nitrogens is 3. The molecule has 0 fully saturated rings. The summed E-state index contributed by atoms with van der Waals surface area (Å²) in [6.07, 6.45) is 1.74. The van der Waals surface area contributed by atoms with Gasteiger partial charge in [-0.25, -0.2) is 4.79 Å². The van der Waals surface area contributed by atoms with Crippen molar-refractivity contribution < 1.29 is 19.1 Å². The smallest absolute Gasteiger partial charge is 0.341 e. The summed E-state index contributed by atoms with van der Waals surface area (Å²) in [5, 5.41) is 12.3. The van der Waals surface area contributed by atoms with Crippen LogP contribution < -0.4 is 10.1 Å². The molecule has 32 heavy (non-hydrogen) atoms. The van der Waals surface area contributed by atoms with Gasteiger partial charge in [-0.2, -0.15) is 0 Å². The predicted octanol–water partition coefficient (Wildman–Crippen LogP) is 4.32. The van der Waals surface area contributed by atoms with Crippen LogP contribution in [0.1, 0.15) is 28.0 Å². The fraction of sp³-hybridized carbons (Fsp3) is 0.273. The molecule has 3 rings (SSSR count). The molecule has 2 heterocycles. The summed E-state index contributed by atoms with van der Waals surface area (Å²) in [4.78, 5) is 25.6. The van der Waals surface area contributed by atoms with Gasteiger partial charge >= 0.3 is 5.97 Å². The van der Waals surface area contributed by atoms with E-state index in [1.165, 1.54) is 23.1 Å². The summed E-state index contributed by atoms with van der Waals surface area (Å²) in [6.45, 7) is 8.40. The van der Waals surface area contributed by atoms with Crippen molar-refractivity contribution in [3.05, 3.63) is 65.3 Å². The summed E-state index contributed by atoms with van der Waals surface area (Å²) in [7, 11) is 0. The first-order valence-corrected chi connectivity index (χ1v) is 11.7. The van der Waals surface area contributed by atoms with Crippen LogP contribution in [0.3, 0.4) is 0 Å². The Morgan fingerprint density at radius 1 is 1.28 bits per heavy atom. The number of anilines is 1. The molecule has 0 saturated heterocycles. The number of thioether (sulfide) groups is 1. The van der Waals surface area contributed by atoms with Crippen molar-refractivity contribution in [1.82, 2.24) is 14.8 Å². The van der Waals surface area contributed by atoms with E-state index in [-0.39, 0.29) is 24.9 Å². The molecular weight excluding hydrogens is 448 g/mol. The van der Waals surface area contributed by atoms with E-state index in [2.05, 4.69) is 22.1 Å². The molecule has 168 valence electrons. The molecular formula is C22H24N4O4S2. The highest BCUT2D eigenvalue weighted by molar-refractivity contribution is 7.99. The molecule has 0 aliphatic carbocycles. The zero-order chi connectivity index (χ0) is 22.9. The largest absolute Gasteiger partial charge is 0.486 e. The number of ether oxygens (including phenoxy) is 2. The molecule has 2 aromatic heterocycles. The van der Waals surface area contributed by atoms with Crippen LogP contribution in [0.5, 0.6) is 5.75 Å². The molecule has 0 aliphatic heterocycles. The Hall–Kier alpha value is -3.11. The monoisotopic (exact) mass is 472 g/mol. The molecule has 0 unspecified atom stereocenters. The van der Waals surface area contributed by atoms with E-state index in [9.17, 15) is 9.59 Å². The van der Waals surface area contributed by atoms with Crippen molar-refractivity contribution in [2.24, 2.45) is 0 Å². The minimum atomic E-state index is -0.450. The predicted molar refractivity (Wildman–Crippen MR) is 125 cm³/mol. The second kappa shape index (κ2) is 11.5. The van der Waals surface area contributed by atoms with E-state index >= 15 is 0 Å². The molecule has 3 aromatic rings. The lowest BCUT2D eigenvalue weighted by atomic mass is 10.3. The van der Waals surface area contributed by atoms with Crippen LogP contribution in [0.25, 0.3) is 0 Å². The van der Waals surface area contributed by atoms with Gasteiger partial charge in [0, 0.05) is 11.4 Å². The molecule has 0 bridgehead atoms. The molecule has 0 spiro atoms. The average molecular weight is 473 g/mol. The fourth-order valence-corrected chi connectivity index (χ4v) is 4.45. The maximum Gasteiger partial charge on any atom is 0.341 e. The molecule has 1 amide bonds. The summed E-state index contributed by atoms with van der Waals surface area (Å²) < 4.78 is 12.7. The Morgan fingerprint density at radius 3 is 2.78 bits per heavy atom. The zero-order valence-electron chi connectivity index (χ0n) is 17.9. The number of carbonyl (C=O) groups excluding carboxylic acids is 2. The number of hydrogen-bond acceptors (Lipinski definition) is 8. The number of amides is 1. The molecule has 8 nitrogen and oxygen atoms in total. The number of nitrogens with zero attached hydrogens (tertiary/aromatic N) is 3. The van der Waals surface area contributed by atoms with E-state index in [0.717, 1.165) is 10.6 Å². The van der Waals surface area contributed by atoms with Gasteiger partial charge in [-0.15, -0.1) is 28.1 Å². The van der Waals surface area contributed by atoms with Crippen molar-refractivity contribution in [3.63, 3.8) is 0 Å². The van der Waals surface area contributed by atoms with Crippen molar-refractivity contribution in [3.8, 4) is 5.75 Å². The highest BCUT2D eigenvalue weighted by atomic mass is 32.2. The molecule has 0 aliphatic rings. The van der Waals surface area contributed by atoms with E-state index in [0.29, 0.717) is 28.1 Å². The second-order valence-corrected chi connectivity index (χ2v) is 8.76. The number of allylic oxidation sites excluding steroid dienone is 1. The van der Waals surface area contributed by atoms with Crippen LogP contribution in [-0.4, -0.2) is 39.0 Å². The summed E-state index contributed by atoms with van der Waals surface area (Å²) in [5.41, 5.74) is 0.364. The van der Waals surface area contributed by atoms with E-state index < -0.39 is 5.97 Å². The maximum atomic E-state index is 12.5. The van der Waals surface area contributed by atoms with Gasteiger partial charge in [-0.3, -0.25) is 9.36 Å². The Morgan fingerprint density at radius 2 is 2.06 bits per heavy atom. The first-order chi connectivity index (χ1) is 15.5. The number of aryl methyl sites for hydroxylation is 1. The van der Waals surface area contributed by atoms with E-state index in [1.807, 2.05) is 41.8 Å². The topological polar surface area (TPSA) is 95.3 Å². The quantitative estimate of drug-likeness (QED) is 0.252. The fourth-order valence-electron chi connectivity index (χ4n) is 2.77. The van der Waals surface area contributed by atoms with Crippen molar-refractivity contribution in [2.45, 2.75) is 32.2 Å². The first kappa shape index (κ1) is 23.6. The number of hydrogen-bond donors (Lipinski definition) is 1. The highest BCUT2D eigenvalue weighted by Crippen LogP contribution is 2.29. The SMILES string of the molecule is C=CCn1c(COc2ccccc2)nnc1SCC(=O)Nc1sc(C)cc1C(=O)OCC. The molecule has 0 radical (unpaired) electrons. The molecule has 0 atom stereocenters. The first-order valence-electron chi connectivity index (χ1n) is 9.92. The van der Waals surface area contributed by atoms with E-state index in [1.54, 1.807) is 19.1 Å². The van der Waals surface area contributed by atoms with Crippen molar-refractivity contribution >= 4 is 40.0 Å². The van der Waals surface area contributed by atoms with Crippen LogP contribution in [-0.2, 0) is 22.7 Å². The lowest BCUT2D eigenvalue weighted by Crippen LogP contribution is -2.16. The number of nitrogens with one attached hydrogen (secondary N) is 1. The Kier molecular flexibility index (Phi) is 8.46. The molecule has 1 N–H and O–H groups in total. The van der Waals surface area contributed by atoms with Gasteiger partial charge in [-0.05, 0) is 32.0 Å². The zero-order valence-corrected chi connectivity index (χ0v) is 19.5. The van der Waals surface area contributed by atoms with Crippen molar-refractivity contribution in [2.75, 3.05) is 17.7 Å². The number of esters is 1.